The molecule has 0 atom stereocenters. The summed E-state index contributed by atoms with van der Waals surface area (Å²) >= 11 is 0. The molecule has 29 heavy (non-hydrogen) atoms. The van der Waals surface area contributed by atoms with E-state index in [-0.39, 0.29) is 5.91 Å². The lowest BCUT2D eigenvalue weighted by atomic mass is 10.0. The van der Waals surface area contributed by atoms with Crippen LogP contribution in [0.15, 0.2) is 48.8 Å². The van der Waals surface area contributed by atoms with Gasteiger partial charge in [-0.3, -0.25) is 9.78 Å². The van der Waals surface area contributed by atoms with E-state index in [0.29, 0.717) is 29.2 Å². The zero-order valence-corrected chi connectivity index (χ0v) is 16.4. The van der Waals surface area contributed by atoms with Crippen molar-refractivity contribution in [3.63, 3.8) is 0 Å². The van der Waals surface area contributed by atoms with Gasteiger partial charge in [-0.1, -0.05) is 26.0 Å². The van der Waals surface area contributed by atoms with E-state index in [9.17, 15) is 10.1 Å². The fourth-order valence-corrected chi connectivity index (χ4v) is 3.01. The van der Waals surface area contributed by atoms with Crippen molar-refractivity contribution in [3.8, 4) is 6.07 Å². The quantitative estimate of drug-likeness (QED) is 0.641. The Hall–Kier alpha value is -3.79. The molecule has 7 heteroatoms. The molecule has 0 saturated carbocycles. The van der Waals surface area contributed by atoms with E-state index in [2.05, 4.69) is 31.9 Å². The summed E-state index contributed by atoms with van der Waals surface area (Å²) in [5.74, 6) is 0.288. The van der Waals surface area contributed by atoms with Gasteiger partial charge in [-0.15, -0.1) is 5.10 Å². The molecule has 0 fully saturated rings. The number of rotatable bonds is 7. The molecule has 2 heterocycles. The van der Waals surface area contributed by atoms with Gasteiger partial charge in [-0.25, -0.2) is 0 Å². The second-order valence-corrected chi connectivity index (χ2v) is 6.41. The van der Waals surface area contributed by atoms with Gasteiger partial charge in [0.25, 0.3) is 5.91 Å². The Morgan fingerprint density at radius 3 is 2.52 bits per heavy atom. The van der Waals surface area contributed by atoms with Crippen LogP contribution in [0.5, 0.6) is 0 Å². The number of carbonyl (C=O) groups is 1. The first-order valence-corrected chi connectivity index (χ1v) is 9.49. The number of benzene rings is 1. The van der Waals surface area contributed by atoms with E-state index in [1.54, 1.807) is 18.3 Å². The predicted molar refractivity (Wildman–Crippen MR) is 111 cm³/mol. The standard InChI is InChI=1S/C22H22N6O/c1-3-18-19(12-23)21(28-27-20(18)4-2)25-13-15-7-9-17(10-8-15)26-22(29)16-6-5-11-24-14-16/h5-11,14H,3-4,13H2,1-2H3,(H,25,28)(H,26,29). The summed E-state index contributed by atoms with van der Waals surface area (Å²) < 4.78 is 0. The molecule has 0 radical (unpaired) electrons. The van der Waals surface area contributed by atoms with Crippen molar-refractivity contribution < 1.29 is 4.79 Å². The molecule has 0 aliphatic carbocycles. The van der Waals surface area contributed by atoms with Crippen LogP contribution < -0.4 is 10.6 Å². The molecule has 2 aromatic heterocycles. The molecule has 3 aromatic rings. The first-order chi connectivity index (χ1) is 14.2. The average Bonchev–Trinajstić information content (AvgIpc) is 2.78. The monoisotopic (exact) mass is 386 g/mol. The summed E-state index contributed by atoms with van der Waals surface area (Å²) in [5, 5.41) is 24.0. The minimum absolute atomic E-state index is 0.207. The molecule has 0 spiro atoms. The van der Waals surface area contributed by atoms with Crippen LogP contribution in [0.3, 0.4) is 0 Å². The van der Waals surface area contributed by atoms with Crippen molar-refractivity contribution in [2.75, 3.05) is 10.6 Å². The summed E-state index contributed by atoms with van der Waals surface area (Å²) in [5.41, 5.74) is 4.56. The lowest BCUT2D eigenvalue weighted by Gasteiger charge is -2.12. The van der Waals surface area contributed by atoms with Gasteiger partial charge in [0.1, 0.15) is 11.6 Å². The molecule has 0 unspecified atom stereocenters. The molecule has 0 aliphatic heterocycles. The van der Waals surface area contributed by atoms with Gasteiger partial charge in [0.15, 0.2) is 5.82 Å². The van der Waals surface area contributed by atoms with Gasteiger partial charge in [-0.2, -0.15) is 10.4 Å². The molecule has 2 N–H and O–H groups in total. The van der Waals surface area contributed by atoms with E-state index < -0.39 is 0 Å². The third-order valence-corrected chi connectivity index (χ3v) is 4.55. The zero-order valence-electron chi connectivity index (χ0n) is 16.4. The lowest BCUT2D eigenvalue weighted by Crippen LogP contribution is -2.12. The highest BCUT2D eigenvalue weighted by atomic mass is 16.1. The van der Waals surface area contributed by atoms with Crippen molar-refractivity contribution >= 4 is 17.4 Å². The second kappa shape index (κ2) is 9.42. The van der Waals surface area contributed by atoms with E-state index in [1.165, 1.54) is 6.20 Å². The second-order valence-electron chi connectivity index (χ2n) is 6.41. The molecule has 7 nitrogen and oxygen atoms in total. The van der Waals surface area contributed by atoms with Gasteiger partial charge in [-0.05, 0) is 48.2 Å². The molecular formula is C22H22N6O. The molecule has 1 aromatic carbocycles. The van der Waals surface area contributed by atoms with Crippen LogP contribution in [0, 0.1) is 11.3 Å². The number of amides is 1. The SMILES string of the molecule is CCc1nnc(NCc2ccc(NC(=O)c3cccnc3)cc2)c(C#N)c1CC. The van der Waals surface area contributed by atoms with Crippen molar-refractivity contribution in [3.05, 3.63) is 76.7 Å². The fraction of sp³-hybridized carbons (Fsp3) is 0.227. The minimum atomic E-state index is -0.207. The highest BCUT2D eigenvalue weighted by molar-refractivity contribution is 6.03. The summed E-state index contributed by atoms with van der Waals surface area (Å²) in [6.07, 6.45) is 4.63. The Morgan fingerprint density at radius 1 is 1.10 bits per heavy atom. The first kappa shape index (κ1) is 20.0. The third kappa shape index (κ3) is 4.74. The Balaban J connectivity index is 1.67. The minimum Gasteiger partial charge on any atom is -0.363 e. The molecule has 146 valence electrons. The number of hydrogen-bond acceptors (Lipinski definition) is 6. The average molecular weight is 386 g/mol. The van der Waals surface area contributed by atoms with Gasteiger partial charge >= 0.3 is 0 Å². The Morgan fingerprint density at radius 2 is 1.90 bits per heavy atom. The van der Waals surface area contributed by atoms with Crippen LogP contribution in [0.1, 0.15) is 46.6 Å². The number of anilines is 2. The normalized spacial score (nSPS) is 10.2. The zero-order chi connectivity index (χ0) is 20.6. The van der Waals surface area contributed by atoms with Crippen LogP contribution in [0.25, 0.3) is 0 Å². The number of aromatic nitrogens is 3. The Labute approximate surface area is 169 Å². The van der Waals surface area contributed by atoms with Gasteiger partial charge in [0, 0.05) is 24.6 Å². The maximum absolute atomic E-state index is 12.2. The van der Waals surface area contributed by atoms with E-state index >= 15 is 0 Å². The fourth-order valence-electron chi connectivity index (χ4n) is 3.01. The summed E-state index contributed by atoms with van der Waals surface area (Å²) in [6, 6.07) is 13.2. The number of hydrogen-bond donors (Lipinski definition) is 2. The van der Waals surface area contributed by atoms with Crippen molar-refractivity contribution in [1.82, 2.24) is 15.2 Å². The largest absolute Gasteiger partial charge is 0.363 e. The molecule has 0 aliphatic rings. The van der Waals surface area contributed by atoms with Crippen LogP contribution in [-0.4, -0.2) is 21.1 Å². The summed E-state index contributed by atoms with van der Waals surface area (Å²) in [7, 11) is 0. The van der Waals surface area contributed by atoms with Crippen LogP contribution in [0.2, 0.25) is 0 Å². The van der Waals surface area contributed by atoms with Gasteiger partial charge in [0.2, 0.25) is 0 Å². The highest BCUT2D eigenvalue weighted by Crippen LogP contribution is 2.21. The first-order valence-electron chi connectivity index (χ1n) is 9.49. The number of nitrogens with zero attached hydrogens (tertiary/aromatic N) is 4. The number of nitriles is 1. The van der Waals surface area contributed by atoms with E-state index in [0.717, 1.165) is 29.7 Å². The van der Waals surface area contributed by atoms with Crippen LogP contribution in [-0.2, 0) is 19.4 Å². The van der Waals surface area contributed by atoms with Crippen molar-refractivity contribution in [2.24, 2.45) is 0 Å². The molecule has 3 rings (SSSR count). The maximum Gasteiger partial charge on any atom is 0.257 e. The van der Waals surface area contributed by atoms with Crippen LogP contribution >= 0.6 is 0 Å². The van der Waals surface area contributed by atoms with E-state index in [1.807, 2.05) is 38.1 Å². The summed E-state index contributed by atoms with van der Waals surface area (Å²) in [4.78, 5) is 16.1. The molecule has 0 saturated heterocycles. The Kier molecular flexibility index (Phi) is 6.48. The van der Waals surface area contributed by atoms with Crippen molar-refractivity contribution in [1.29, 1.82) is 5.26 Å². The number of carbonyl (C=O) groups excluding carboxylic acids is 1. The number of nitrogens with one attached hydrogen (secondary N) is 2. The molecule has 1 amide bonds. The topological polar surface area (TPSA) is 104 Å². The molecular weight excluding hydrogens is 364 g/mol. The van der Waals surface area contributed by atoms with E-state index in [4.69, 9.17) is 0 Å². The summed E-state index contributed by atoms with van der Waals surface area (Å²) in [6.45, 7) is 4.51. The Bertz CT molecular complexity index is 1030. The predicted octanol–water partition coefficient (Wildman–Crippen LogP) is 3.73. The molecule has 0 bridgehead atoms. The van der Waals surface area contributed by atoms with Crippen LogP contribution in [0.4, 0.5) is 11.5 Å². The third-order valence-electron chi connectivity index (χ3n) is 4.55. The lowest BCUT2D eigenvalue weighted by molar-refractivity contribution is 0.102. The highest BCUT2D eigenvalue weighted by Gasteiger charge is 2.14. The smallest absolute Gasteiger partial charge is 0.257 e. The number of aryl methyl sites for hydroxylation is 1. The van der Waals surface area contributed by atoms with Crippen molar-refractivity contribution in [2.45, 2.75) is 33.2 Å². The maximum atomic E-state index is 12.2. The number of pyridine rings is 1. The van der Waals surface area contributed by atoms with Gasteiger partial charge in [0.05, 0.1) is 11.3 Å². The van der Waals surface area contributed by atoms with Gasteiger partial charge < -0.3 is 10.6 Å².